The molecule has 0 radical (unpaired) electrons. The first-order chi connectivity index (χ1) is 15.0. The number of carboxylic acids is 1. The monoisotopic (exact) mass is 470 g/mol. The van der Waals surface area contributed by atoms with Gasteiger partial charge in [-0.1, -0.05) is 56.6 Å². The Morgan fingerprint density at radius 1 is 1.06 bits per heavy atom. The Balaban J connectivity index is 1.78. The van der Waals surface area contributed by atoms with Gasteiger partial charge in [0.1, 0.15) is 5.75 Å². The molecule has 1 amide bonds. The number of hydrogen-bond donors (Lipinski definition) is 3. The lowest BCUT2D eigenvalue weighted by molar-refractivity contribution is 0.0696. The van der Waals surface area contributed by atoms with Crippen molar-refractivity contribution < 1.29 is 19.8 Å². The van der Waals surface area contributed by atoms with Crippen molar-refractivity contribution in [2.24, 2.45) is 5.10 Å². The van der Waals surface area contributed by atoms with E-state index in [1.54, 1.807) is 12.3 Å². The van der Waals surface area contributed by atoms with Gasteiger partial charge < -0.3 is 10.2 Å². The van der Waals surface area contributed by atoms with Crippen molar-refractivity contribution in [1.29, 1.82) is 0 Å². The Kier molecular flexibility index (Phi) is 6.71. The van der Waals surface area contributed by atoms with Crippen LogP contribution in [0.4, 0.5) is 0 Å². The van der Waals surface area contributed by atoms with E-state index in [1.165, 1.54) is 35.1 Å². The lowest BCUT2D eigenvalue weighted by atomic mass is 9.86. The highest BCUT2D eigenvalue weighted by molar-refractivity contribution is 7.14. The fraction of sp³-hybridized carbons (Fsp3) is 0.208. The fourth-order valence-electron chi connectivity index (χ4n) is 3.02. The largest absolute Gasteiger partial charge is 0.506 e. The van der Waals surface area contributed by atoms with Gasteiger partial charge in [-0.15, -0.1) is 11.3 Å². The van der Waals surface area contributed by atoms with Crippen LogP contribution in [0.5, 0.6) is 5.75 Å². The SMILES string of the molecule is C/C(=N\NC(=O)c1ccc(C(=O)O)c(Cl)c1)c1csc(-c2ccc(C(C)(C)C)cc2)c1O. The first-order valence-corrected chi connectivity index (χ1v) is 11.0. The van der Waals surface area contributed by atoms with E-state index in [0.29, 0.717) is 11.3 Å². The van der Waals surface area contributed by atoms with Crippen LogP contribution < -0.4 is 5.43 Å². The summed E-state index contributed by atoms with van der Waals surface area (Å²) in [5, 5.41) is 25.6. The molecule has 3 aromatic rings. The number of carbonyl (C=O) groups excluding carboxylic acids is 1. The zero-order valence-electron chi connectivity index (χ0n) is 18.1. The zero-order chi connectivity index (χ0) is 23.6. The second-order valence-corrected chi connectivity index (χ2v) is 9.58. The maximum atomic E-state index is 12.4. The number of aromatic carboxylic acids is 1. The van der Waals surface area contributed by atoms with Crippen LogP contribution in [0.1, 0.15) is 59.5 Å². The Hall–Kier alpha value is -3.16. The van der Waals surface area contributed by atoms with E-state index >= 15 is 0 Å². The lowest BCUT2D eigenvalue weighted by Crippen LogP contribution is -2.19. The van der Waals surface area contributed by atoms with Gasteiger partial charge in [0.05, 0.1) is 26.7 Å². The maximum Gasteiger partial charge on any atom is 0.337 e. The lowest BCUT2D eigenvalue weighted by Gasteiger charge is -2.19. The molecule has 3 N–H and O–H groups in total. The minimum Gasteiger partial charge on any atom is -0.506 e. The van der Waals surface area contributed by atoms with Crippen LogP contribution in [0.15, 0.2) is 52.9 Å². The molecular formula is C24H23ClN2O4S. The van der Waals surface area contributed by atoms with Crippen LogP contribution in [0.3, 0.4) is 0 Å². The summed E-state index contributed by atoms with van der Waals surface area (Å²) in [5.41, 5.74) is 5.59. The molecule has 0 saturated carbocycles. The van der Waals surface area contributed by atoms with E-state index < -0.39 is 11.9 Å². The van der Waals surface area contributed by atoms with Gasteiger partial charge in [-0.25, -0.2) is 10.2 Å². The Labute approximate surface area is 195 Å². The molecule has 0 aliphatic rings. The van der Waals surface area contributed by atoms with Crippen molar-refractivity contribution >= 4 is 40.5 Å². The molecule has 2 aromatic carbocycles. The van der Waals surface area contributed by atoms with Crippen molar-refractivity contribution in [3.8, 4) is 16.2 Å². The van der Waals surface area contributed by atoms with E-state index in [9.17, 15) is 14.7 Å². The number of thiophene rings is 1. The number of benzene rings is 2. The number of amides is 1. The van der Waals surface area contributed by atoms with E-state index in [0.717, 1.165) is 10.4 Å². The van der Waals surface area contributed by atoms with E-state index in [1.807, 2.05) is 12.1 Å². The normalized spacial score (nSPS) is 12.0. The molecule has 0 unspecified atom stereocenters. The van der Waals surface area contributed by atoms with E-state index in [-0.39, 0.29) is 27.3 Å². The molecule has 1 aromatic heterocycles. The summed E-state index contributed by atoms with van der Waals surface area (Å²) in [6, 6.07) is 12.0. The van der Waals surface area contributed by atoms with Crippen LogP contribution in [0.25, 0.3) is 10.4 Å². The highest BCUT2D eigenvalue weighted by Crippen LogP contribution is 2.39. The number of carboxylic acid groups (broad SMARTS) is 1. The smallest absolute Gasteiger partial charge is 0.337 e. The number of hydrogen-bond acceptors (Lipinski definition) is 5. The molecule has 1 heterocycles. The van der Waals surface area contributed by atoms with Crippen molar-refractivity contribution in [3.63, 3.8) is 0 Å². The predicted molar refractivity (Wildman–Crippen MR) is 128 cm³/mol. The molecule has 0 fully saturated rings. The van der Waals surface area contributed by atoms with Crippen LogP contribution in [-0.2, 0) is 5.41 Å². The summed E-state index contributed by atoms with van der Waals surface area (Å²) in [6.07, 6.45) is 0. The van der Waals surface area contributed by atoms with Gasteiger partial charge in [-0.2, -0.15) is 5.10 Å². The predicted octanol–water partition coefficient (Wildman–Crippen LogP) is 5.92. The number of carbonyl (C=O) groups is 2. The number of nitrogens with one attached hydrogen (secondary N) is 1. The third kappa shape index (κ3) is 5.00. The number of aromatic hydroxyl groups is 1. The van der Waals surface area contributed by atoms with Crippen LogP contribution in [0, 0.1) is 0 Å². The van der Waals surface area contributed by atoms with E-state index in [2.05, 4.69) is 43.4 Å². The van der Waals surface area contributed by atoms with Gasteiger partial charge in [-0.05, 0) is 41.7 Å². The molecule has 0 spiro atoms. The van der Waals surface area contributed by atoms with Crippen molar-refractivity contribution in [2.75, 3.05) is 0 Å². The van der Waals surface area contributed by atoms with Crippen molar-refractivity contribution in [3.05, 3.63) is 75.1 Å². The summed E-state index contributed by atoms with van der Waals surface area (Å²) in [5.74, 6) is -1.62. The minimum atomic E-state index is -1.17. The molecule has 0 saturated heterocycles. The van der Waals surface area contributed by atoms with E-state index in [4.69, 9.17) is 16.7 Å². The zero-order valence-corrected chi connectivity index (χ0v) is 19.6. The van der Waals surface area contributed by atoms with Crippen LogP contribution in [0.2, 0.25) is 5.02 Å². The molecule has 32 heavy (non-hydrogen) atoms. The first kappa shape index (κ1) is 23.5. The maximum absolute atomic E-state index is 12.4. The molecule has 3 rings (SSSR count). The summed E-state index contributed by atoms with van der Waals surface area (Å²) >= 11 is 7.31. The molecule has 6 nitrogen and oxygen atoms in total. The summed E-state index contributed by atoms with van der Waals surface area (Å²) in [6.45, 7) is 8.11. The molecular weight excluding hydrogens is 448 g/mol. The van der Waals surface area contributed by atoms with Gasteiger partial charge >= 0.3 is 5.97 Å². The molecule has 0 atom stereocenters. The van der Waals surface area contributed by atoms with Gasteiger partial charge in [0.2, 0.25) is 0 Å². The second kappa shape index (κ2) is 9.14. The third-order valence-electron chi connectivity index (χ3n) is 4.95. The molecule has 0 aliphatic heterocycles. The molecule has 0 aliphatic carbocycles. The Morgan fingerprint density at radius 3 is 2.28 bits per heavy atom. The topological polar surface area (TPSA) is 99.0 Å². The number of halogens is 1. The first-order valence-electron chi connectivity index (χ1n) is 9.78. The summed E-state index contributed by atoms with van der Waals surface area (Å²) in [7, 11) is 0. The number of hydrazone groups is 1. The standard InChI is InChI=1S/C24H23ClN2O4S/c1-13(26-27-22(29)15-7-10-17(23(30)31)19(25)11-15)18-12-32-21(20(18)28)14-5-8-16(9-6-14)24(2,3)4/h5-12,28H,1-4H3,(H,27,29)(H,30,31)/b26-13+. The van der Waals surface area contributed by atoms with Crippen LogP contribution in [-0.4, -0.2) is 27.8 Å². The van der Waals surface area contributed by atoms with Gasteiger partial charge in [0, 0.05) is 10.9 Å². The second-order valence-electron chi connectivity index (χ2n) is 8.29. The Bertz CT molecular complexity index is 1210. The highest BCUT2D eigenvalue weighted by Gasteiger charge is 2.18. The fourth-order valence-corrected chi connectivity index (χ4v) is 4.30. The van der Waals surface area contributed by atoms with Crippen LogP contribution >= 0.6 is 22.9 Å². The van der Waals surface area contributed by atoms with Crippen molar-refractivity contribution in [2.45, 2.75) is 33.1 Å². The van der Waals surface area contributed by atoms with Gasteiger partial charge in [0.25, 0.3) is 5.91 Å². The summed E-state index contributed by atoms with van der Waals surface area (Å²) in [4.78, 5) is 24.1. The third-order valence-corrected chi connectivity index (χ3v) is 6.29. The van der Waals surface area contributed by atoms with Crippen molar-refractivity contribution in [1.82, 2.24) is 5.43 Å². The van der Waals surface area contributed by atoms with Gasteiger partial charge in [0.15, 0.2) is 0 Å². The number of rotatable bonds is 5. The molecule has 8 heteroatoms. The minimum absolute atomic E-state index is 0.0385. The summed E-state index contributed by atoms with van der Waals surface area (Å²) < 4.78 is 0. The Morgan fingerprint density at radius 2 is 1.72 bits per heavy atom. The molecule has 0 bridgehead atoms. The average Bonchev–Trinajstić information content (AvgIpc) is 3.12. The number of nitrogens with zero attached hydrogens (tertiary/aromatic N) is 1. The molecule has 166 valence electrons. The average molecular weight is 471 g/mol. The highest BCUT2D eigenvalue weighted by atomic mass is 35.5. The quantitative estimate of drug-likeness (QED) is 0.318. The van der Waals surface area contributed by atoms with Gasteiger partial charge in [-0.3, -0.25) is 4.79 Å².